The van der Waals surface area contributed by atoms with Crippen molar-refractivity contribution in [1.82, 2.24) is 4.72 Å². The highest BCUT2D eigenvalue weighted by molar-refractivity contribution is 7.90. The standard InChI is InChI=1S/C10H17N3O6S2/c1-18-6-5-12-21(16,17)13-9-7-8(20(11,14)15)3-4-10(9)19-2/h3-4,7,12-13H,5-6H2,1-2H3,(H2,11,14,15). The number of hydrogen-bond acceptors (Lipinski definition) is 6. The third-order valence-corrected chi connectivity index (χ3v) is 4.33. The lowest BCUT2D eigenvalue weighted by Crippen LogP contribution is -2.32. The number of sulfonamides is 1. The summed E-state index contributed by atoms with van der Waals surface area (Å²) in [6, 6.07) is 3.58. The Morgan fingerprint density at radius 3 is 2.38 bits per heavy atom. The molecule has 0 radical (unpaired) electrons. The lowest BCUT2D eigenvalue weighted by atomic mass is 10.3. The molecule has 120 valence electrons. The van der Waals surface area contributed by atoms with Gasteiger partial charge in [0.25, 0.3) is 10.2 Å². The van der Waals surface area contributed by atoms with Crippen LogP contribution in [0.4, 0.5) is 5.69 Å². The minimum absolute atomic E-state index is 0.0473. The molecule has 0 bridgehead atoms. The number of rotatable bonds is 8. The van der Waals surface area contributed by atoms with Crippen LogP contribution >= 0.6 is 0 Å². The predicted molar refractivity (Wildman–Crippen MR) is 76.8 cm³/mol. The molecule has 1 aromatic rings. The summed E-state index contributed by atoms with van der Waals surface area (Å²) in [6.45, 7) is 0.248. The summed E-state index contributed by atoms with van der Waals surface area (Å²) in [4.78, 5) is -0.238. The lowest BCUT2D eigenvalue weighted by molar-refractivity contribution is 0.204. The van der Waals surface area contributed by atoms with Crippen LogP contribution in [0, 0.1) is 0 Å². The molecule has 1 rings (SSSR count). The minimum atomic E-state index is -3.96. The van der Waals surface area contributed by atoms with E-state index in [2.05, 4.69) is 9.44 Å². The molecule has 0 saturated heterocycles. The van der Waals surface area contributed by atoms with E-state index >= 15 is 0 Å². The van der Waals surface area contributed by atoms with E-state index in [1.807, 2.05) is 0 Å². The van der Waals surface area contributed by atoms with E-state index in [0.29, 0.717) is 0 Å². The summed E-state index contributed by atoms with van der Waals surface area (Å²) in [6.07, 6.45) is 0. The topological polar surface area (TPSA) is 137 Å². The average molecular weight is 339 g/mol. The summed E-state index contributed by atoms with van der Waals surface area (Å²) in [5.74, 6) is 0.152. The van der Waals surface area contributed by atoms with Gasteiger partial charge in [-0.2, -0.15) is 13.1 Å². The Labute approximate surface area is 123 Å². The number of benzene rings is 1. The second kappa shape index (κ2) is 7.04. The zero-order valence-corrected chi connectivity index (χ0v) is 13.1. The second-order valence-electron chi connectivity index (χ2n) is 3.90. The summed E-state index contributed by atoms with van der Waals surface area (Å²) >= 11 is 0. The number of nitrogens with one attached hydrogen (secondary N) is 2. The molecule has 9 nitrogen and oxygen atoms in total. The number of nitrogens with two attached hydrogens (primary N) is 1. The molecule has 0 aliphatic carbocycles. The van der Waals surface area contributed by atoms with Crippen molar-refractivity contribution in [3.63, 3.8) is 0 Å². The third kappa shape index (κ3) is 5.47. The number of methoxy groups -OCH3 is 2. The van der Waals surface area contributed by atoms with Crippen molar-refractivity contribution in [2.45, 2.75) is 4.90 Å². The monoisotopic (exact) mass is 339 g/mol. The van der Waals surface area contributed by atoms with Gasteiger partial charge in [0.2, 0.25) is 10.0 Å². The molecule has 0 saturated carbocycles. The van der Waals surface area contributed by atoms with Gasteiger partial charge in [-0.15, -0.1) is 0 Å². The molecular formula is C10H17N3O6S2. The van der Waals surface area contributed by atoms with Gasteiger partial charge < -0.3 is 9.47 Å². The van der Waals surface area contributed by atoms with Crippen molar-refractivity contribution in [3.05, 3.63) is 18.2 Å². The maximum absolute atomic E-state index is 11.8. The van der Waals surface area contributed by atoms with Gasteiger partial charge in [-0.3, -0.25) is 4.72 Å². The van der Waals surface area contributed by atoms with E-state index in [1.165, 1.54) is 26.4 Å². The van der Waals surface area contributed by atoms with Crippen LogP contribution in [0.3, 0.4) is 0 Å². The van der Waals surface area contributed by atoms with Crippen molar-refractivity contribution in [2.75, 3.05) is 32.1 Å². The number of hydrogen-bond donors (Lipinski definition) is 3. The average Bonchev–Trinajstić information content (AvgIpc) is 2.37. The molecule has 11 heteroatoms. The SMILES string of the molecule is COCCNS(=O)(=O)Nc1cc(S(N)(=O)=O)ccc1OC. The van der Waals surface area contributed by atoms with Gasteiger partial charge in [-0.1, -0.05) is 0 Å². The van der Waals surface area contributed by atoms with Crippen molar-refractivity contribution in [2.24, 2.45) is 5.14 Å². The zero-order valence-electron chi connectivity index (χ0n) is 11.5. The minimum Gasteiger partial charge on any atom is -0.495 e. The lowest BCUT2D eigenvalue weighted by Gasteiger charge is -2.13. The first-order chi connectivity index (χ1) is 9.69. The summed E-state index contributed by atoms with van der Waals surface area (Å²) in [7, 11) is -5.10. The third-order valence-electron chi connectivity index (χ3n) is 2.34. The first-order valence-electron chi connectivity index (χ1n) is 5.67. The molecule has 21 heavy (non-hydrogen) atoms. The smallest absolute Gasteiger partial charge is 0.299 e. The highest BCUT2D eigenvalue weighted by Gasteiger charge is 2.16. The van der Waals surface area contributed by atoms with E-state index in [1.54, 1.807) is 0 Å². The second-order valence-corrected chi connectivity index (χ2v) is 6.96. The number of ether oxygens (including phenoxy) is 2. The van der Waals surface area contributed by atoms with E-state index in [0.717, 1.165) is 6.07 Å². The molecule has 0 spiro atoms. The fraction of sp³-hybridized carbons (Fsp3) is 0.400. The van der Waals surface area contributed by atoms with Crippen LogP contribution in [0.5, 0.6) is 5.75 Å². The van der Waals surface area contributed by atoms with Gasteiger partial charge in [-0.05, 0) is 18.2 Å². The Bertz CT molecular complexity index is 687. The van der Waals surface area contributed by atoms with Crippen LogP contribution in [0.2, 0.25) is 0 Å². The van der Waals surface area contributed by atoms with Gasteiger partial charge in [0.1, 0.15) is 5.75 Å². The highest BCUT2D eigenvalue weighted by Crippen LogP contribution is 2.27. The predicted octanol–water partition coefficient (Wildman–Crippen LogP) is -0.765. The van der Waals surface area contributed by atoms with E-state index in [9.17, 15) is 16.8 Å². The van der Waals surface area contributed by atoms with Crippen molar-refractivity contribution in [3.8, 4) is 5.75 Å². The van der Waals surface area contributed by atoms with Crippen LogP contribution in [-0.2, 0) is 25.0 Å². The molecule has 0 amide bonds. The fourth-order valence-electron chi connectivity index (χ4n) is 1.40. The molecule has 0 unspecified atom stereocenters. The maximum atomic E-state index is 11.8. The Kier molecular flexibility index (Phi) is 5.92. The summed E-state index contributed by atoms with van der Waals surface area (Å²) in [5, 5.41) is 5.00. The summed E-state index contributed by atoms with van der Waals surface area (Å²) in [5.41, 5.74) is -0.0473. The highest BCUT2D eigenvalue weighted by atomic mass is 32.2. The Morgan fingerprint density at radius 1 is 1.19 bits per heavy atom. The van der Waals surface area contributed by atoms with Crippen molar-refractivity contribution in [1.29, 1.82) is 0 Å². The maximum Gasteiger partial charge on any atom is 0.299 e. The summed E-state index contributed by atoms with van der Waals surface area (Å²) < 4.78 is 60.2. The van der Waals surface area contributed by atoms with Crippen LogP contribution in [0.15, 0.2) is 23.1 Å². The first kappa shape index (κ1) is 17.7. The van der Waals surface area contributed by atoms with Crippen LogP contribution in [0.25, 0.3) is 0 Å². The van der Waals surface area contributed by atoms with Gasteiger partial charge in [0.15, 0.2) is 0 Å². The van der Waals surface area contributed by atoms with Crippen LogP contribution < -0.4 is 19.3 Å². The van der Waals surface area contributed by atoms with E-state index in [4.69, 9.17) is 14.6 Å². The van der Waals surface area contributed by atoms with E-state index < -0.39 is 20.2 Å². The molecule has 4 N–H and O–H groups in total. The van der Waals surface area contributed by atoms with Gasteiger partial charge in [-0.25, -0.2) is 13.6 Å². The van der Waals surface area contributed by atoms with Crippen molar-refractivity contribution < 1.29 is 26.3 Å². The van der Waals surface area contributed by atoms with Crippen LogP contribution in [0.1, 0.15) is 0 Å². The quantitative estimate of drug-likeness (QED) is 0.532. The molecular weight excluding hydrogens is 322 g/mol. The largest absolute Gasteiger partial charge is 0.495 e. The van der Waals surface area contributed by atoms with Crippen molar-refractivity contribution >= 4 is 25.9 Å². The molecule has 0 atom stereocenters. The van der Waals surface area contributed by atoms with E-state index in [-0.39, 0.29) is 29.5 Å². The normalized spacial score (nSPS) is 12.1. The number of anilines is 1. The van der Waals surface area contributed by atoms with Crippen LogP contribution in [-0.4, -0.2) is 44.2 Å². The Balaban J connectivity index is 3.05. The molecule has 0 heterocycles. The van der Waals surface area contributed by atoms with Gasteiger partial charge in [0.05, 0.1) is 24.3 Å². The molecule has 0 aromatic heterocycles. The molecule has 0 aliphatic heterocycles. The van der Waals surface area contributed by atoms with Gasteiger partial charge >= 0.3 is 0 Å². The molecule has 0 aliphatic rings. The van der Waals surface area contributed by atoms with Gasteiger partial charge in [0, 0.05) is 13.7 Å². The molecule has 0 fully saturated rings. The number of primary sulfonamides is 1. The first-order valence-corrected chi connectivity index (χ1v) is 8.70. The fourth-order valence-corrected chi connectivity index (χ4v) is 2.82. The molecule has 1 aromatic carbocycles. The zero-order chi connectivity index (χ0) is 16.1. The Morgan fingerprint density at radius 2 is 1.86 bits per heavy atom. The Hall–Kier alpha value is -1.40.